The summed E-state index contributed by atoms with van der Waals surface area (Å²) in [5, 5.41) is 17.0. The molecule has 0 amide bonds. The van der Waals surface area contributed by atoms with Crippen molar-refractivity contribution in [3.8, 4) is 5.75 Å². The largest absolute Gasteiger partial charge is 0.496 e. The standard InChI is InChI=1S/C18H15N3O3/c1-24-18-11-6-13-4-2-3-5-16(13)17(18)12-19-20-14-7-9-15(10-8-14)21(22)23/h2-12,20H,1H3/b19-12+. The van der Waals surface area contributed by atoms with Gasteiger partial charge in [0.1, 0.15) is 5.75 Å². The number of hydrogen-bond donors (Lipinski definition) is 1. The summed E-state index contributed by atoms with van der Waals surface area (Å²) in [4.78, 5) is 10.2. The number of nitrogens with one attached hydrogen (secondary N) is 1. The molecule has 6 nitrogen and oxygen atoms in total. The predicted molar refractivity (Wildman–Crippen MR) is 94.8 cm³/mol. The quantitative estimate of drug-likeness (QED) is 0.434. The van der Waals surface area contributed by atoms with Gasteiger partial charge in [-0.25, -0.2) is 0 Å². The lowest BCUT2D eigenvalue weighted by Crippen LogP contribution is -1.95. The molecule has 0 aliphatic heterocycles. The van der Waals surface area contributed by atoms with Crippen LogP contribution in [0.3, 0.4) is 0 Å². The van der Waals surface area contributed by atoms with E-state index >= 15 is 0 Å². The minimum atomic E-state index is -0.436. The van der Waals surface area contributed by atoms with E-state index in [-0.39, 0.29) is 5.69 Å². The number of benzene rings is 3. The number of nitrogens with zero attached hydrogens (tertiary/aromatic N) is 2. The van der Waals surface area contributed by atoms with Crippen LogP contribution in [0.25, 0.3) is 10.8 Å². The van der Waals surface area contributed by atoms with Crippen molar-refractivity contribution in [2.45, 2.75) is 0 Å². The molecule has 0 atom stereocenters. The molecule has 0 aromatic heterocycles. The molecule has 3 aromatic rings. The van der Waals surface area contributed by atoms with Crippen LogP contribution in [-0.4, -0.2) is 18.2 Å². The topological polar surface area (TPSA) is 76.8 Å². The highest BCUT2D eigenvalue weighted by atomic mass is 16.6. The second-order valence-corrected chi connectivity index (χ2v) is 5.08. The van der Waals surface area contributed by atoms with Crippen molar-refractivity contribution in [2.24, 2.45) is 5.10 Å². The second kappa shape index (κ2) is 6.78. The number of rotatable bonds is 5. The van der Waals surface area contributed by atoms with E-state index in [9.17, 15) is 10.1 Å². The molecule has 0 fully saturated rings. The van der Waals surface area contributed by atoms with Crippen molar-refractivity contribution in [1.82, 2.24) is 0 Å². The third-order valence-electron chi connectivity index (χ3n) is 3.62. The molecule has 0 spiro atoms. The fourth-order valence-electron chi connectivity index (χ4n) is 2.42. The van der Waals surface area contributed by atoms with E-state index in [1.54, 1.807) is 25.5 Å². The lowest BCUT2D eigenvalue weighted by atomic mass is 10.0. The number of ether oxygens (including phenoxy) is 1. The van der Waals surface area contributed by atoms with Gasteiger partial charge in [0, 0.05) is 17.7 Å². The van der Waals surface area contributed by atoms with Crippen molar-refractivity contribution in [2.75, 3.05) is 12.5 Å². The van der Waals surface area contributed by atoms with Gasteiger partial charge in [-0.3, -0.25) is 15.5 Å². The number of non-ortho nitro benzene ring substituents is 1. The molecular weight excluding hydrogens is 306 g/mol. The summed E-state index contributed by atoms with van der Waals surface area (Å²) in [6.07, 6.45) is 1.68. The van der Waals surface area contributed by atoms with Crippen LogP contribution in [0.15, 0.2) is 65.8 Å². The Balaban J connectivity index is 1.86. The number of hydrazone groups is 1. The zero-order chi connectivity index (χ0) is 16.9. The molecule has 0 bridgehead atoms. The van der Waals surface area contributed by atoms with Gasteiger partial charge >= 0.3 is 0 Å². The Morgan fingerprint density at radius 2 is 1.83 bits per heavy atom. The van der Waals surface area contributed by atoms with Gasteiger partial charge in [-0.05, 0) is 29.0 Å². The van der Waals surface area contributed by atoms with Gasteiger partial charge in [0.15, 0.2) is 0 Å². The van der Waals surface area contributed by atoms with Gasteiger partial charge in [0.05, 0.1) is 23.9 Å². The minimum absolute atomic E-state index is 0.0419. The fraction of sp³-hybridized carbons (Fsp3) is 0.0556. The van der Waals surface area contributed by atoms with Crippen LogP contribution in [0.5, 0.6) is 5.75 Å². The molecule has 0 unspecified atom stereocenters. The first-order chi connectivity index (χ1) is 11.7. The average molecular weight is 321 g/mol. The fourth-order valence-corrected chi connectivity index (χ4v) is 2.42. The number of methoxy groups -OCH3 is 1. The van der Waals surface area contributed by atoms with E-state index < -0.39 is 4.92 Å². The first-order valence-electron chi connectivity index (χ1n) is 7.28. The van der Waals surface area contributed by atoms with Gasteiger partial charge in [0.2, 0.25) is 0 Å². The Hall–Kier alpha value is -3.41. The SMILES string of the molecule is COc1ccc2ccccc2c1/C=N/Nc1ccc([N+](=O)[O-])cc1. The Morgan fingerprint density at radius 3 is 2.54 bits per heavy atom. The summed E-state index contributed by atoms with van der Waals surface area (Å²) in [5.41, 5.74) is 4.44. The van der Waals surface area contributed by atoms with Gasteiger partial charge in [-0.2, -0.15) is 5.10 Å². The summed E-state index contributed by atoms with van der Waals surface area (Å²) >= 11 is 0. The van der Waals surface area contributed by atoms with Crippen LogP contribution < -0.4 is 10.2 Å². The predicted octanol–water partition coefficient (Wildman–Crippen LogP) is 4.20. The molecule has 6 heteroatoms. The highest BCUT2D eigenvalue weighted by Gasteiger charge is 2.06. The summed E-state index contributed by atoms with van der Waals surface area (Å²) in [5.74, 6) is 0.725. The van der Waals surface area contributed by atoms with E-state index in [2.05, 4.69) is 10.5 Å². The highest BCUT2D eigenvalue weighted by molar-refractivity contribution is 6.02. The van der Waals surface area contributed by atoms with Crippen molar-refractivity contribution in [3.63, 3.8) is 0 Å². The molecule has 0 heterocycles. The maximum Gasteiger partial charge on any atom is 0.269 e. The molecule has 3 aromatic carbocycles. The first-order valence-corrected chi connectivity index (χ1v) is 7.28. The third kappa shape index (κ3) is 3.17. The van der Waals surface area contributed by atoms with Crippen molar-refractivity contribution >= 4 is 28.4 Å². The number of anilines is 1. The van der Waals surface area contributed by atoms with E-state index in [0.717, 1.165) is 22.1 Å². The zero-order valence-electron chi connectivity index (χ0n) is 13.0. The summed E-state index contributed by atoms with van der Waals surface area (Å²) < 4.78 is 5.40. The third-order valence-corrected chi connectivity index (χ3v) is 3.62. The Bertz CT molecular complexity index is 905. The summed E-state index contributed by atoms with van der Waals surface area (Å²) in [7, 11) is 1.62. The van der Waals surface area contributed by atoms with Crippen LogP contribution in [0, 0.1) is 10.1 Å². The van der Waals surface area contributed by atoms with E-state index in [4.69, 9.17) is 4.74 Å². The normalized spacial score (nSPS) is 10.9. The Morgan fingerprint density at radius 1 is 1.08 bits per heavy atom. The summed E-state index contributed by atoms with van der Waals surface area (Å²) in [6, 6.07) is 17.9. The minimum Gasteiger partial charge on any atom is -0.496 e. The molecule has 3 rings (SSSR count). The second-order valence-electron chi connectivity index (χ2n) is 5.08. The van der Waals surface area contributed by atoms with Gasteiger partial charge < -0.3 is 4.74 Å². The van der Waals surface area contributed by atoms with Crippen molar-refractivity contribution < 1.29 is 9.66 Å². The van der Waals surface area contributed by atoms with Crippen molar-refractivity contribution in [3.05, 3.63) is 76.3 Å². The molecule has 0 aliphatic carbocycles. The number of fused-ring (bicyclic) bond motifs is 1. The lowest BCUT2D eigenvalue weighted by Gasteiger charge is -2.08. The van der Waals surface area contributed by atoms with E-state index in [0.29, 0.717) is 5.69 Å². The molecule has 0 aliphatic rings. The average Bonchev–Trinajstić information content (AvgIpc) is 2.62. The number of nitro groups is 1. The van der Waals surface area contributed by atoms with Gasteiger partial charge in [-0.1, -0.05) is 30.3 Å². The lowest BCUT2D eigenvalue weighted by molar-refractivity contribution is -0.384. The van der Waals surface area contributed by atoms with Gasteiger partial charge in [-0.15, -0.1) is 0 Å². The first kappa shape index (κ1) is 15.5. The molecule has 0 saturated heterocycles. The molecule has 120 valence electrons. The highest BCUT2D eigenvalue weighted by Crippen LogP contribution is 2.26. The van der Waals surface area contributed by atoms with Crippen LogP contribution in [0.4, 0.5) is 11.4 Å². The number of nitro benzene ring substituents is 1. The Labute approximate surface area is 138 Å². The van der Waals surface area contributed by atoms with Crippen LogP contribution in [0.1, 0.15) is 5.56 Å². The number of hydrogen-bond acceptors (Lipinski definition) is 5. The van der Waals surface area contributed by atoms with Crippen molar-refractivity contribution in [1.29, 1.82) is 0 Å². The molecule has 1 N–H and O–H groups in total. The Kier molecular flexibility index (Phi) is 4.38. The maximum absolute atomic E-state index is 10.6. The van der Waals surface area contributed by atoms with Gasteiger partial charge in [0.25, 0.3) is 5.69 Å². The monoisotopic (exact) mass is 321 g/mol. The smallest absolute Gasteiger partial charge is 0.269 e. The van der Waals surface area contributed by atoms with Crippen LogP contribution in [-0.2, 0) is 0 Å². The van der Waals surface area contributed by atoms with E-state index in [1.165, 1.54) is 12.1 Å². The molecule has 0 saturated carbocycles. The molecule has 0 radical (unpaired) electrons. The molecular formula is C18H15N3O3. The maximum atomic E-state index is 10.6. The summed E-state index contributed by atoms with van der Waals surface area (Å²) in [6.45, 7) is 0. The zero-order valence-corrected chi connectivity index (χ0v) is 13.0. The van der Waals surface area contributed by atoms with E-state index in [1.807, 2.05) is 36.4 Å². The van der Waals surface area contributed by atoms with Crippen LogP contribution in [0.2, 0.25) is 0 Å². The van der Waals surface area contributed by atoms with Crippen LogP contribution >= 0.6 is 0 Å². The molecule has 24 heavy (non-hydrogen) atoms.